The third kappa shape index (κ3) is 38.7. The highest BCUT2D eigenvalue weighted by molar-refractivity contribution is 7.47. The third-order valence-corrected chi connectivity index (χ3v) is 10.4. The molecule has 0 spiro atoms. The largest absolute Gasteiger partial charge is 0.472 e. The number of phosphoric ester groups is 1. The van der Waals surface area contributed by atoms with E-state index in [1.807, 2.05) is 21.1 Å². The van der Waals surface area contributed by atoms with Gasteiger partial charge in [0.05, 0.1) is 34.4 Å². The van der Waals surface area contributed by atoms with Gasteiger partial charge in [-0.15, -0.1) is 0 Å². The molecule has 0 radical (unpaired) electrons. The smallest absolute Gasteiger partial charge is 0.457 e. The molecule has 0 amide bonds. The Morgan fingerprint density at radius 2 is 0.920 bits per heavy atom. The van der Waals surface area contributed by atoms with Crippen molar-refractivity contribution in [3.8, 4) is 0 Å². The molecule has 1 N–H and O–H groups in total. The van der Waals surface area contributed by atoms with Crippen molar-refractivity contribution in [3.63, 3.8) is 0 Å². The van der Waals surface area contributed by atoms with Gasteiger partial charge in [0.2, 0.25) is 0 Å². The summed E-state index contributed by atoms with van der Waals surface area (Å²) in [5.74, 6) is -0.316. The molecule has 2 unspecified atom stereocenters. The van der Waals surface area contributed by atoms with E-state index in [1.165, 1.54) is 148 Å². The summed E-state index contributed by atoms with van der Waals surface area (Å²) in [6.45, 7) is 5.62. The van der Waals surface area contributed by atoms with Crippen molar-refractivity contribution in [2.24, 2.45) is 0 Å². The number of quaternary nitrogens is 1. The molecule has 8 nitrogen and oxygen atoms in total. The van der Waals surface area contributed by atoms with E-state index in [0.29, 0.717) is 24.1 Å². The van der Waals surface area contributed by atoms with Crippen molar-refractivity contribution in [3.05, 3.63) is 0 Å². The van der Waals surface area contributed by atoms with Crippen LogP contribution in [0.1, 0.15) is 200 Å². The number of rotatable bonds is 40. The van der Waals surface area contributed by atoms with Crippen LogP contribution in [0, 0.1) is 0 Å². The van der Waals surface area contributed by atoms with E-state index in [-0.39, 0.29) is 25.8 Å². The number of hydrogen-bond acceptors (Lipinski definition) is 6. The maximum atomic E-state index is 12.5. The van der Waals surface area contributed by atoms with Crippen molar-refractivity contribution in [2.75, 3.05) is 54.1 Å². The van der Waals surface area contributed by atoms with Gasteiger partial charge >= 0.3 is 13.8 Å². The van der Waals surface area contributed by atoms with Gasteiger partial charge in [-0.1, -0.05) is 181 Å². The van der Waals surface area contributed by atoms with Crippen molar-refractivity contribution in [1.29, 1.82) is 0 Å². The van der Waals surface area contributed by atoms with Crippen LogP contribution >= 0.6 is 7.82 Å². The van der Waals surface area contributed by atoms with E-state index in [2.05, 4.69) is 13.8 Å². The summed E-state index contributed by atoms with van der Waals surface area (Å²) in [6, 6.07) is 0. The molecule has 0 aromatic carbocycles. The maximum Gasteiger partial charge on any atom is 0.472 e. The van der Waals surface area contributed by atoms with Crippen LogP contribution in [0.2, 0.25) is 0 Å². The molecule has 0 fully saturated rings. The molecular weight excluding hydrogens is 649 g/mol. The van der Waals surface area contributed by atoms with Crippen molar-refractivity contribution in [1.82, 2.24) is 0 Å². The molecule has 0 heterocycles. The second kappa shape index (κ2) is 35.5. The van der Waals surface area contributed by atoms with Gasteiger partial charge in [0.25, 0.3) is 0 Å². The van der Waals surface area contributed by atoms with Gasteiger partial charge in [0.15, 0.2) is 0 Å². The number of phosphoric acid groups is 1. The molecule has 50 heavy (non-hydrogen) atoms. The summed E-state index contributed by atoms with van der Waals surface area (Å²) in [7, 11) is 1.68. The van der Waals surface area contributed by atoms with Crippen molar-refractivity contribution < 1.29 is 37.3 Å². The van der Waals surface area contributed by atoms with E-state index in [9.17, 15) is 14.3 Å². The Kier molecular flexibility index (Phi) is 35.2. The van der Waals surface area contributed by atoms with E-state index in [4.69, 9.17) is 18.5 Å². The number of likely N-dealkylation sites (N-methyl/N-ethyl adjacent to an activating group) is 1. The molecule has 9 heteroatoms. The van der Waals surface area contributed by atoms with Crippen LogP contribution in [-0.2, 0) is 27.9 Å². The van der Waals surface area contributed by atoms with Crippen LogP contribution in [-0.4, -0.2) is 75.6 Å². The topological polar surface area (TPSA) is 91.3 Å². The maximum absolute atomic E-state index is 12.5. The molecule has 0 aromatic rings. The van der Waals surface area contributed by atoms with Crippen LogP contribution in [0.25, 0.3) is 0 Å². The van der Waals surface area contributed by atoms with Crippen LogP contribution in [0.3, 0.4) is 0 Å². The SMILES string of the molecule is CCCCCCCCCCCCCCCCCCCCCCCOCC(COP(=O)(O)OCC[N+](C)(C)C)OC(=O)CCCCCCCCC. The second-order valence-corrected chi connectivity index (χ2v) is 17.2. The molecule has 0 aromatic heterocycles. The zero-order valence-corrected chi connectivity index (χ0v) is 34.8. The van der Waals surface area contributed by atoms with Gasteiger partial charge in [-0.25, -0.2) is 4.57 Å². The van der Waals surface area contributed by atoms with E-state index < -0.39 is 13.9 Å². The highest BCUT2D eigenvalue weighted by Gasteiger charge is 2.26. The fraction of sp³-hybridized carbons (Fsp3) is 0.976. The molecule has 0 aliphatic carbocycles. The van der Waals surface area contributed by atoms with Crippen molar-refractivity contribution >= 4 is 13.8 Å². The molecule has 2 atom stereocenters. The highest BCUT2D eigenvalue weighted by atomic mass is 31.2. The normalized spacial score (nSPS) is 13.8. The number of unbranched alkanes of at least 4 members (excludes halogenated alkanes) is 26. The fourth-order valence-electron chi connectivity index (χ4n) is 6.08. The summed E-state index contributed by atoms with van der Waals surface area (Å²) < 4.78 is 34.8. The van der Waals surface area contributed by atoms with Gasteiger partial charge in [0, 0.05) is 13.0 Å². The second-order valence-electron chi connectivity index (χ2n) is 15.7. The van der Waals surface area contributed by atoms with Gasteiger partial charge in [-0.2, -0.15) is 0 Å². The first-order valence-electron chi connectivity index (χ1n) is 21.3. The zero-order valence-electron chi connectivity index (χ0n) is 33.9. The lowest BCUT2D eigenvalue weighted by Crippen LogP contribution is -2.37. The first kappa shape index (κ1) is 49.5. The first-order chi connectivity index (χ1) is 24.1. The fourth-order valence-corrected chi connectivity index (χ4v) is 6.82. The van der Waals surface area contributed by atoms with Gasteiger partial charge in [-0.05, 0) is 12.8 Å². The molecule has 300 valence electrons. The molecular formula is C41H85NO7P+. The average Bonchev–Trinajstić information content (AvgIpc) is 3.06. The van der Waals surface area contributed by atoms with Gasteiger partial charge < -0.3 is 18.9 Å². The highest BCUT2D eigenvalue weighted by Crippen LogP contribution is 2.43. The van der Waals surface area contributed by atoms with Crippen LogP contribution in [0.4, 0.5) is 0 Å². The summed E-state index contributed by atoms with van der Waals surface area (Å²) in [6.07, 6.45) is 35.8. The molecule has 0 saturated heterocycles. The predicted molar refractivity (Wildman–Crippen MR) is 211 cm³/mol. The minimum Gasteiger partial charge on any atom is -0.457 e. The third-order valence-electron chi connectivity index (χ3n) is 9.42. The Balaban J connectivity index is 4.00. The minimum absolute atomic E-state index is 0.0932. The lowest BCUT2D eigenvalue weighted by Gasteiger charge is -2.24. The summed E-state index contributed by atoms with van der Waals surface area (Å²) in [5, 5.41) is 0. The number of esters is 1. The lowest BCUT2D eigenvalue weighted by molar-refractivity contribution is -0.870. The summed E-state index contributed by atoms with van der Waals surface area (Å²) in [5.41, 5.74) is 0. The van der Waals surface area contributed by atoms with Crippen LogP contribution in [0.15, 0.2) is 0 Å². The first-order valence-corrected chi connectivity index (χ1v) is 22.8. The van der Waals surface area contributed by atoms with E-state index >= 15 is 0 Å². The Bertz CT molecular complexity index is 777. The van der Waals surface area contributed by atoms with Crippen LogP contribution in [0.5, 0.6) is 0 Å². The van der Waals surface area contributed by atoms with Crippen molar-refractivity contribution in [2.45, 2.75) is 206 Å². The van der Waals surface area contributed by atoms with Crippen LogP contribution < -0.4 is 0 Å². The Hall–Kier alpha value is -0.500. The Labute approximate surface area is 310 Å². The van der Waals surface area contributed by atoms with E-state index in [0.717, 1.165) is 32.1 Å². The standard InChI is InChI=1S/C41H84NO7P/c1-6-8-10-12-14-15-16-17-18-19-20-21-22-23-24-25-26-27-29-31-33-36-46-38-40(39-48-50(44,45)47-37-35-42(3,4)5)49-41(43)34-32-30-28-13-11-9-7-2/h40H,6-39H2,1-5H3/p+1. The molecule has 0 rings (SSSR count). The van der Waals surface area contributed by atoms with Gasteiger partial charge in [0.1, 0.15) is 19.3 Å². The number of carbonyl (C=O) groups is 1. The average molecular weight is 735 g/mol. The number of nitrogens with zero attached hydrogens (tertiary/aromatic N) is 1. The van der Waals surface area contributed by atoms with E-state index in [1.54, 1.807) is 0 Å². The summed E-state index contributed by atoms with van der Waals surface area (Å²) >= 11 is 0. The minimum atomic E-state index is -4.26. The summed E-state index contributed by atoms with van der Waals surface area (Å²) in [4.78, 5) is 22.7. The molecule has 0 saturated carbocycles. The Morgan fingerprint density at radius 3 is 1.32 bits per heavy atom. The molecule has 0 aliphatic rings. The lowest BCUT2D eigenvalue weighted by atomic mass is 10.0. The monoisotopic (exact) mass is 735 g/mol. The quantitative estimate of drug-likeness (QED) is 0.0290. The number of carbonyl (C=O) groups excluding carboxylic acids is 1. The Morgan fingerprint density at radius 1 is 0.540 bits per heavy atom. The molecule has 0 bridgehead atoms. The number of hydrogen-bond donors (Lipinski definition) is 1. The zero-order chi connectivity index (χ0) is 37.0. The number of ether oxygens (including phenoxy) is 2. The van der Waals surface area contributed by atoms with Gasteiger partial charge in [-0.3, -0.25) is 13.8 Å². The predicted octanol–water partition coefficient (Wildman–Crippen LogP) is 12.1. The molecule has 0 aliphatic heterocycles.